The second-order valence-corrected chi connectivity index (χ2v) is 3.56. The zero-order valence-electron chi connectivity index (χ0n) is 10.6. The molecule has 0 aliphatic rings. The number of carbonyl (C=O) groups is 1. The summed E-state index contributed by atoms with van der Waals surface area (Å²) in [6.07, 6.45) is 0. The van der Waals surface area contributed by atoms with Crippen molar-refractivity contribution in [1.82, 2.24) is 0 Å². The first-order valence-electron chi connectivity index (χ1n) is 5.30. The molecule has 0 aliphatic carbocycles. The van der Waals surface area contributed by atoms with Crippen molar-refractivity contribution in [3.8, 4) is 24.0 Å². The first-order valence-corrected chi connectivity index (χ1v) is 5.30. The molecule has 1 aromatic carbocycles. The van der Waals surface area contributed by atoms with Crippen LogP contribution in [0.2, 0.25) is 0 Å². The summed E-state index contributed by atoms with van der Waals surface area (Å²) in [7, 11) is 1.09. The van der Waals surface area contributed by atoms with Gasteiger partial charge in [-0.2, -0.15) is 15.8 Å². The number of benzene rings is 1. The lowest BCUT2D eigenvalue weighted by Gasteiger charge is -2.09. The standard InChI is InChI=1S/C13H7FN4O3/c1-21-13(20)7-2-9(14)12(19)10(3-7)18-11(6-17)8(4-15)5-16/h2-3,18-19H,1H3. The number of ether oxygens (including phenoxy) is 1. The monoisotopic (exact) mass is 286 g/mol. The Hall–Kier alpha value is -3.57. The Bertz CT molecular complexity index is 734. The van der Waals surface area contributed by atoms with Gasteiger partial charge in [-0.05, 0) is 12.1 Å². The third-order valence-corrected chi connectivity index (χ3v) is 2.33. The van der Waals surface area contributed by atoms with Crippen molar-refractivity contribution in [2.75, 3.05) is 12.4 Å². The lowest BCUT2D eigenvalue weighted by atomic mass is 10.1. The molecule has 21 heavy (non-hydrogen) atoms. The molecule has 2 N–H and O–H groups in total. The molecule has 0 amide bonds. The lowest BCUT2D eigenvalue weighted by molar-refractivity contribution is 0.0600. The van der Waals surface area contributed by atoms with E-state index < -0.39 is 28.8 Å². The van der Waals surface area contributed by atoms with Gasteiger partial charge >= 0.3 is 5.97 Å². The van der Waals surface area contributed by atoms with Gasteiger partial charge in [0.25, 0.3) is 0 Å². The third-order valence-electron chi connectivity index (χ3n) is 2.33. The summed E-state index contributed by atoms with van der Waals surface area (Å²) in [4.78, 5) is 11.4. The molecule has 0 atom stereocenters. The molecular formula is C13H7FN4O3. The number of carbonyl (C=O) groups excluding carboxylic acids is 1. The maximum absolute atomic E-state index is 13.5. The first-order chi connectivity index (χ1) is 9.98. The molecule has 0 saturated heterocycles. The number of aromatic hydroxyl groups is 1. The molecule has 0 heterocycles. The van der Waals surface area contributed by atoms with Crippen LogP contribution in [0.15, 0.2) is 23.4 Å². The Morgan fingerprint density at radius 2 is 1.90 bits per heavy atom. The van der Waals surface area contributed by atoms with Gasteiger partial charge in [-0.3, -0.25) is 0 Å². The number of hydrogen-bond donors (Lipinski definition) is 2. The normalized spacial score (nSPS) is 8.71. The lowest BCUT2D eigenvalue weighted by Crippen LogP contribution is -2.06. The molecule has 0 saturated carbocycles. The SMILES string of the molecule is COC(=O)c1cc(F)c(O)c(NC(C#N)=C(C#N)C#N)c1. The van der Waals surface area contributed by atoms with Crippen molar-refractivity contribution < 1.29 is 19.0 Å². The van der Waals surface area contributed by atoms with Crippen LogP contribution in [0.5, 0.6) is 5.75 Å². The number of nitriles is 3. The first kappa shape index (κ1) is 15.5. The average molecular weight is 286 g/mol. The highest BCUT2D eigenvalue weighted by molar-refractivity contribution is 5.91. The third kappa shape index (κ3) is 3.25. The molecule has 7 nitrogen and oxygen atoms in total. The van der Waals surface area contributed by atoms with Crippen LogP contribution < -0.4 is 5.32 Å². The summed E-state index contributed by atoms with van der Waals surface area (Å²) >= 11 is 0. The highest BCUT2D eigenvalue weighted by Crippen LogP contribution is 2.29. The van der Waals surface area contributed by atoms with Gasteiger partial charge in [0.05, 0.1) is 18.4 Å². The zero-order valence-corrected chi connectivity index (χ0v) is 10.6. The summed E-state index contributed by atoms with van der Waals surface area (Å²) in [5.74, 6) is -2.86. The van der Waals surface area contributed by atoms with Gasteiger partial charge in [-0.25, -0.2) is 9.18 Å². The average Bonchev–Trinajstić information content (AvgIpc) is 2.50. The highest BCUT2D eigenvalue weighted by atomic mass is 19.1. The van der Waals surface area contributed by atoms with Crippen LogP contribution in [0.1, 0.15) is 10.4 Å². The summed E-state index contributed by atoms with van der Waals surface area (Å²) in [6, 6.07) is 6.25. The number of allylic oxidation sites excluding steroid dienone is 2. The molecule has 0 radical (unpaired) electrons. The minimum absolute atomic E-state index is 0.219. The zero-order chi connectivity index (χ0) is 16.0. The molecule has 0 fully saturated rings. The van der Waals surface area contributed by atoms with Crippen LogP contribution in [0, 0.1) is 39.8 Å². The maximum atomic E-state index is 13.5. The Balaban J connectivity index is 3.39. The molecule has 0 aromatic heterocycles. The molecular weight excluding hydrogens is 279 g/mol. The Labute approximate surface area is 118 Å². The fraction of sp³-hybridized carbons (Fsp3) is 0.0769. The van der Waals surface area contributed by atoms with E-state index in [1.165, 1.54) is 18.2 Å². The van der Waals surface area contributed by atoms with Gasteiger partial charge in [0.15, 0.2) is 17.1 Å². The molecule has 0 bridgehead atoms. The maximum Gasteiger partial charge on any atom is 0.338 e. The number of nitrogens with zero attached hydrogens (tertiary/aromatic N) is 3. The summed E-state index contributed by atoms with van der Waals surface area (Å²) < 4.78 is 17.9. The number of methoxy groups -OCH3 is 1. The second-order valence-electron chi connectivity index (χ2n) is 3.56. The number of anilines is 1. The summed E-state index contributed by atoms with van der Waals surface area (Å²) in [5, 5.41) is 38.0. The van der Waals surface area contributed by atoms with Crippen LogP contribution in [0.3, 0.4) is 0 Å². The second kappa shape index (κ2) is 6.55. The predicted molar refractivity (Wildman–Crippen MR) is 66.9 cm³/mol. The highest BCUT2D eigenvalue weighted by Gasteiger charge is 2.17. The number of hydrogen-bond acceptors (Lipinski definition) is 7. The van der Waals surface area contributed by atoms with E-state index in [-0.39, 0.29) is 11.3 Å². The topological polar surface area (TPSA) is 130 Å². The minimum Gasteiger partial charge on any atom is -0.503 e. The van der Waals surface area contributed by atoms with Gasteiger partial charge in [-0.15, -0.1) is 0 Å². The van der Waals surface area contributed by atoms with Crippen molar-refractivity contribution in [2.45, 2.75) is 0 Å². The van der Waals surface area contributed by atoms with Crippen LogP contribution in [0.25, 0.3) is 0 Å². The summed E-state index contributed by atoms with van der Waals surface area (Å²) in [5.41, 5.74) is -1.62. The van der Waals surface area contributed by atoms with E-state index in [4.69, 9.17) is 15.8 Å². The van der Waals surface area contributed by atoms with Crippen molar-refractivity contribution in [3.63, 3.8) is 0 Å². The van der Waals surface area contributed by atoms with E-state index >= 15 is 0 Å². The quantitative estimate of drug-likeness (QED) is 0.489. The number of nitrogens with one attached hydrogen (secondary N) is 1. The van der Waals surface area contributed by atoms with Crippen molar-refractivity contribution in [2.24, 2.45) is 0 Å². The largest absolute Gasteiger partial charge is 0.503 e. The molecule has 0 unspecified atom stereocenters. The molecule has 8 heteroatoms. The Kier molecular flexibility index (Phi) is 4.83. The van der Waals surface area contributed by atoms with Gasteiger partial charge in [0.1, 0.15) is 23.9 Å². The van der Waals surface area contributed by atoms with Crippen LogP contribution >= 0.6 is 0 Å². The van der Waals surface area contributed by atoms with Crippen LogP contribution in [-0.4, -0.2) is 18.2 Å². The predicted octanol–water partition coefficient (Wildman–Crippen LogP) is 1.55. The molecule has 0 spiro atoms. The Morgan fingerprint density at radius 3 is 2.38 bits per heavy atom. The smallest absolute Gasteiger partial charge is 0.338 e. The van der Waals surface area contributed by atoms with Crippen molar-refractivity contribution in [3.05, 3.63) is 34.8 Å². The van der Waals surface area contributed by atoms with E-state index in [0.29, 0.717) is 0 Å². The number of rotatable bonds is 3. The van der Waals surface area contributed by atoms with Crippen LogP contribution in [0.4, 0.5) is 10.1 Å². The Morgan fingerprint density at radius 1 is 1.29 bits per heavy atom. The minimum atomic E-state index is -1.13. The summed E-state index contributed by atoms with van der Waals surface area (Å²) in [6.45, 7) is 0. The van der Waals surface area contributed by atoms with E-state index in [2.05, 4.69) is 10.1 Å². The fourth-order valence-corrected chi connectivity index (χ4v) is 1.35. The molecule has 0 aliphatic heterocycles. The van der Waals surface area contributed by atoms with Crippen molar-refractivity contribution in [1.29, 1.82) is 15.8 Å². The van der Waals surface area contributed by atoms with Crippen molar-refractivity contribution >= 4 is 11.7 Å². The number of phenols is 1. The van der Waals surface area contributed by atoms with Crippen LogP contribution in [-0.2, 0) is 4.74 Å². The van der Waals surface area contributed by atoms with E-state index in [9.17, 15) is 14.3 Å². The van der Waals surface area contributed by atoms with E-state index in [1.807, 2.05) is 0 Å². The number of halogens is 1. The number of phenolic OH excluding ortho intramolecular Hbond substituents is 1. The molecule has 104 valence electrons. The van der Waals surface area contributed by atoms with Gasteiger partial charge in [0, 0.05) is 0 Å². The fourth-order valence-electron chi connectivity index (χ4n) is 1.35. The van der Waals surface area contributed by atoms with E-state index in [1.54, 1.807) is 0 Å². The number of esters is 1. The molecule has 1 rings (SSSR count). The molecule has 1 aromatic rings. The van der Waals surface area contributed by atoms with E-state index in [0.717, 1.165) is 19.2 Å². The van der Waals surface area contributed by atoms with Gasteiger partial charge in [-0.1, -0.05) is 0 Å². The van der Waals surface area contributed by atoms with Gasteiger partial charge in [0.2, 0.25) is 0 Å². The van der Waals surface area contributed by atoms with Gasteiger partial charge < -0.3 is 15.2 Å².